The van der Waals surface area contributed by atoms with Gasteiger partial charge in [0.15, 0.2) is 0 Å². The fourth-order valence-corrected chi connectivity index (χ4v) is 3.44. The van der Waals surface area contributed by atoms with Gasteiger partial charge in [-0.1, -0.05) is 6.07 Å². The molecule has 2 heteroatoms. The van der Waals surface area contributed by atoms with Gasteiger partial charge in [0.25, 0.3) is 0 Å². The molecule has 1 saturated carbocycles. The van der Waals surface area contributed by atoms with Crippen molar-refractivity contribution >= 4 is 5.78 Å². The first-order valence-electron chi connectivity index (χ1n) is 6.49. The van der Waals surface area contributed by atoms with E-state index in [1.807, 2.05) is 6.07 Å². The van der Waals surface area contributed by atoms with Crippen molar-refractivity contribution in [1.82, 2.24) is 0 Å². The lowest BCUT2D eigenvalue weighted by molar-refractivity contribution is -0.125. The Morgan fingerprint density at radius 3 is 2.88 bits per heavy atom. The average molecular weight is 230 g/mol. The predicted molar refractivity (Wildman–Crippen MR) is 66.4 cm³/mol. The van der Waals surface area contributed by atoms with Crippen molar-refractivity contribution in [1.29, 1.82) is 0 Å². The number of fused-ring (bicyclic) bond motifs is 3. The Kier molecular flexibility index (Phi) is 2.65. The van der Waals surface area contributed by atoms with Gasteiger partial charge in [-0.25, -0.2) is 0 Å². The van der Waals surface area contributed by atoms with Crippen molar-refractivity contribution in [2.45, 2.75) is 38.0 Å². The van der Waals surface area contributed by atoms with Gasteiger partial charge in [-0.2, -0.15) is 0 Å². The predicted octanol–water partition coefficient (Wildman–Crippen LogP) is 3.09. The maximum atomic E-state index is 11.9. The van der Waals surface area contributed by atoms with E-state index in [2.05, 4.69) is 12.1 Å². The maximum absolute atomic E-state index is 11.9. The molecular weight excluding hydrogens is 212 g/mol. The fourth-order valence-electron chi connectivity index (χ4n) is 3.44. The summed E-state index contributed by atoms with van der Waals surface area (Å²) in [5.41, 5.74) is 2.79. The molecule has 1 aromatic carbocycles. The summed E-state index contributed by atoms with van der Waals surface area (Å²) >= 11 is 0. The molecule has 2 nitrogen and oxygen atoms in total. The second kappa shape index (κ2) is 4.17. The number of carbonyl (C=O) groups excluding carboxylic acids is 1. The molecule has 0 amide bonds. The summed E-state index contributed by atoms with van der Waals surface area (Å²) in [5, 5.41) is 0. The summed E-state index contributed by atoms with van der Waals surface area (Å²) < 4.78 is 5.27. The van der Waals surface area contributed by atoms with Crippen LogP contribution in [0.1, 0.15) is 42.7 Å². The molecule has 17 heavy (non-hydrogen) atoms. The number of ketones is 1. The van der Waals surface area contributed by atoms with Crippen molar-refractivity contribution in [3.8, 4) is 5.75 Å². The van der Waals surface area contributed by atoms with Gasteiger partial charge in [0.05, 0.1) is 7.11 Å². The molecule has 0 heterocycles. The van der Waals surface area contributed by atoms with Gasteiger partial charge in [-0.3, -0.25) is 4.79 Å². The third kappa shape index (κ3) is 1.76. The molecule has 1 fully saturated rings. The minimum absolute atomic E-state index is 0.296. The van der Waals surface area contributed by atoms with Gasteiger partial charge < -0.3 is 4.74 Å². The Labute approximate surface area is 102 Å². The number of methoxy groups -OCH3 is 1. The largest absolute Gasteiger partial charge is 0.497 e. The van der Waals surface area contributed by atoms with Crippen LogP contribution >= 0.6 is 0 Å². The molecule has 0 aliphatic heterocycles. The Hall–Kier alpha value is -1.31. The van der Waals surface area contributed by atoms with Gasteiger partial charge in [-0.15, -0.1) is 0 Å². The topological polar surface area (TPSA) is 26.3 Å². The maximum Gasteiger partial charge on any atom is 0.136 e. The van der Waals surface area contributed by atoms with Gasteiger partial charge in [0.1, 0.15) is 11.5 Å². The SMILES string of the molecule is COc1ccc2c(c1)CC[C@@H]1C(=O)CCC[C@H]21. The van der Waals surface area contributed by atoms with Gasteiger partial charge in [-0.05, 0) is 54.9 Å². The third-order valence-electron chi connectivity index (χ3n) is 4.31. The van der Waals surface area contributed by atoms with E-state index in [0.717, 1.165) is 31.4 Å². The number of hydrogen-bond donors (Lipinski definition) is 0. The highest BCUT2D eigenvalue weighted by Crippen LogP contribution is 2.44. The Morgan fingerprint density at radius 1 is 1.18 bits per heavy atom. The Morgan fingerprint density at radius 2 is 2.06 bits per heavy atom. The summed E-state index contributed by atoms with van der Waals surface area (Å²) in [4.78, 5) is 11.9. The van der Waals surface area contributed by atoms with Gasteiger partial charge in [0.2, 0.25) is 0 Å². The van der Waals surface area contributed by atoms with Gasteiger partial charge >= 0.3 is 0 Å². The summed E-state index contributed by atoms with van der Waals surface area (Å²) in [5.74, 6) is 2.20. The van der Waals surface area contributed by atoms with E-state index in [-0.39, 0.29) is 0 Å². The van der Waals surface area contributed by atoms with Crippen LogP contribution in [0.25, 0.3) is 0 Å². The van der Waals surface area contributed by atoms with E-state index in [9.17, 15) is 4.79 Å². The van der Waals surface area contributed by atoms with E-state index < -0.39 is 0 Å². The number of aryl methyl sites for hydroxylation is 1. The zero-order valence-electron chi connectivity index (χ0n) is 10.2. The minimum atomic E-state index is 0.296. The van der Waals surface area contributed by atoms with Crippen LogP contribution < -0.4 is 4.74 Å². The zero-order chi connectivity index (χ0) is 11.8. The molecule has 0 spiro atoms. The first-order valence-corrected chi connectivity index (χ1v) is 6.49. The molecule has 90 valence electrons. The molecule has 0 N–H and O–H groups in total. The quantitative estimate of drug-likeness (QED) is 0.741. The Bertz CT molecular complexity index is 450. The normalized spacial score (nSPS) is 27.2. The van der Waals surface area contributed by atoms with E-state index in [4.69, 9.17) is 4.74 Å². The van der Waals surface area contributed by atoms with Crippen LogP contribution in [0.4, 0.5) is 0 Å². The highest BCUT2D eigenvalue weighted by Gasteiger charge is 2.36. The van der Waals surface area contributed by atoms with Crippen LogP contribution in [0, 0.1) is 5.92 Å². The lowest BCUT2D eigenvalue weighted by Crippen LogP contribution is -2.31. The van der Waals surface area contributed by atoms with E-state index in [1.54, 1.807) is 7.11 Å². The zero-order valence-corrected chi connectivity index (χ0v) is 10.2. The van der Waals surface area contributed by atoms with Crippen molar-refractivity contribution in [3.63, 3.8) is 0 Å². The molecule has 0 radical (unpaired) electrons. The molecular formula is C15H18O2. The van der Waals surface area contributed by atoms with E-state index in [1.165, 1.54) is 17.5 Å². The average Bonchev–Trinajstić information content (AvgIpc) is 2.38. The van der Waals surface area contributed by atoms with Crippen molar-refractivity contribution in [2.75, 3.05) is 7.11 Å². The monoisotopic (exact) mass is 230 g/mol. The Balaban J connectivity index is 1.98. The number of ether oxygens (including phenoxy) is 1. The standard InChI is InChI=1S/C15H18O2/c1-17-11-6-8-12-10(9-11)5-7-14-13(12)3-2-4-15(14)16/h6,8-9,13-14H,2-5,7H2,1H3/t13-,14+/m1/s1. The van der Waals surface area contributed by atoms with Crippen molar-refractivity contribution < 1.29 is 9.53 Å². The molecule has 0 unspecified atom stereocenters. The summed E-state index contributed by atoms with van der Waals surface area (Å²) in [6, 6.07) is 6.34. The van der Waals surface area contributed by atoms with Crippen molar-refractivity contribution in [2.24, 2.45) is 5.92 Å². The molecule has 2 atom stereocenters. The number of Topliss-reactive ketones (excluding diaryl/α,β-unsaturated/α-hetero) is 1. The molecule has 3 rings (SSSR count). The van der Waals surface area contributed by atoms with Crippen LogP contribution in [0.5, 0.6) is 5.75 Å². The van der Waals surface area contributed by atoms with Crippen LogP contribution in [-0.2, 0) is 11.2 Å². The van der Waals surface area contributed by atoms with Crippen LogP contribution in [0.15, 0.2) is 18.2 Å². The third-order valence-corrected chi connectivity index (χ3v) is 4.31. The minimum Gasteiger partial charge on any atom is -0.497 e. The molecule has 0 aromatic heterocycles. The summed E-state index contributed by atoms with van der Waals surface area (Å²) in [6.07, 6.45) is 5.09. The molecule has 2 aliphatic carbocycles. The summed E-state index contributed by atoms with van der Waals surface area (Å²) in [6.45, 7) is 0. The van der Waals surface area contributed by atoms with Crippen molar-refractivity contribution in [3.05, 3.63) is 29.3 Å². The first-order chi connectivity index (χ1) is 8.29. The van der Waals surface area contributed by atoms with E-state index in [0.29, 0.717) is 17.6 Å². The number of hydrogen-bond acceptors (Lipinski definition) is 2. The lowest BCUT2D eigenvalue weighted by Gasteiger charge is -2.36. The van der Waals surface area contributed by atoms with Gasteiger partial charge in [0, 0.05) is 12.3 Å². The molecule has 2 aliphatic rings. The van der Waals surface area contributed by atoms with Crippen LogP contribution in [-0.4, -0.2) is 12.9 Å². The fraction of sp³-hybridized carbons (Fsp3) is 0.533. The highest BCUT2D eigenvalue weighted by atomic mass is 16.5. The first kappa shape index (κ1) is 10.8. The second-order valence-corrected chi connectivity index (χ2v) is 5.17. The molecule has 1 aromatic rings. The van der Waals surface area contributed by atoms with E-state index >= 15 is 0 Å². The second-order valence-electron chi connectivity index (χ2n) is 5.17. The van der Waals surface area contributed by atoms with Crippen LogP contribution in [0.3, 0.4) is 0 Å². The smallest absolute Gasteiger partial charge is 0.136 e. The number of rotatable bonds is 1. The number of benzene rings is 1. The summed E-state index contributed by atoms with van der Waals surface area (Å²) in [7, 11) is 1.71. The highest BCUT2D eigenvalue weighted by molar-refractivity contribution is 5.83. The molecule has 0 bridgehead atoms. The molecule has 0 saturated heterocycles. The lowest BCUT2D eigenvalue weighted by atomic mass is 9.67. The number of carbonyl (C=O) groups is 1. The van der Waals surface area contributed by atoms with Crippen LogP contribution in [0.2, 0.25) is 0 Å².